The van der Waals surface area contributed by atoms with Crippen molar-refractivity contribution in [2.75, 3.05) is 13.2 Å². The summed E-state index contributed by atoms with van der Waals surface area (Å²) in [5.41, 5.74) is 0. The minimum atomic E-state index is -0.259. The SMILES string of the molecule is [CH2]CC(=O)OCC1CO1. The van der Waals surface area contributed by atoms with Gasteiger partial charge in [0.15, 0.2) is 0 Å². The molecule has 0 aromatic carbocycles. The first kappa shape index (κ1) is 6.55. The van der Waals surface area contributed by atoms with Crippen LogP contribution in [0.15, 0.2) is 0 Å². The van der Waals surface area contributed by atoms with Crippen molar-refractivity contribution in [2.24, 2.45) is 0 Å². The standard InChI is InChI=1S/C6H9O3/c1-2-6(7)9-4-5-3-8-5/h5H,1-4H2. The van der Waals surface area contributed by atoms with Gasteiger partial charge in [0.25, 0.3) is 0 Å². The van der Waals surface area contributed by atoms with Crippen molar-refractivity contribution in [1.82, 2.24) is 0 Å². The van der Waals surface area contributed by atoms with Crippen molar-refractivity contribution in [3.63, 3.8) is 0 Å². The van der Waals surface area contributed by atoms with Gasteiger partial charge < -0.3 is 9.47 Å². The van der Waals surface area contributed by atoms with E-state index in [-0.39, 0.29) is 18.5 Å². The molecule has 0 spiro atoms. The summed E-state index contributed by atoms with van der Waals surface area (Å²) in [6.45, 7) is 4.49. The first-order chi connectivity index (χ1) is 4.33. The number of esters is 1. The smallest absolute Gasteiger partial charge is 0.305 e. The lowest BCUT2D eigenvalue weighted by atomic mass is 10.5. The van der Waals surface area contributed by atoms with Crippen LogP contribution < -0.4 is 0 Å². The molecule has 1 atom stereocenters. The van der Waals surface area contributed by atoms with Crippen LogP contribution in [-0.2, 0) is 14.3 Å². The number of hydrogen-bond acceptors (Lipinski definition) is 3. The van der Waals surface area contributed by atoms with Gasteiger partial charge in [0, 0.05) is 6.42 Å². The maximum absolute atomic E-state index is 10.4. The first-order valence-electron chi connectivity index (χ1n) is 2.89. The van der Waals surface area contributed by atoms with E-state index in [4.69, 9.17) is 4.74 Å². The lowest BCUT2D eigenvalue weighted by molar-refractivity contribution is -0.143. The highest BCUT2D eigenvalue weighted by molar-refractivity contribution is 5.69. The molecule has 0 saturated carbocycles. The minimum Gasteiger partial charge on any atom is -0.463 e. The maximum Gasteiger partial charge on any atom is 0.305 e. The molecule has 0 aromatic rings. The van der Waals surface area contributed by atoms with E-state index in [2.05, 4.69) is 11.7 Å². The minimum absolute atomic E-state index is 0.167. The molecule has 0 amide bonds. The largest absolute Gasteiger partial charge is 0.463 e. The van der Waals surface area contributed by atoms with Crippen LogP contribution in [-0.4, -0.2) is 25.3 Å². The zero-order valence-corrected chi connectivity index (χ0v) is 5.13. The van der Waals surface area contributed by atoms with E-state index < -0.39 is 0 Å². The Labute approximate surface area is 53.9 Å². The molecule has 3 heteroatoms. The summed E-state index contributed by atoms with van der Waals surface area (Å²) in [7, 11) is 0. The second kappa shape index (κ2) is 2.82. The van der Waals surface area contributed by atoms with Gasteiger partial charge in [-0.15, -0.1) is 0 Å². The molecule has 1 saturated heterocycles. The third kappa shape index (κ3) is 2.46. The van der Waals surface area contributed by atoms with Gasteiger partial charge in [-0.05, 0) is 6.92 Å². The van der Waals surface area contributed by atoms with Crippen molar-refractivity contribution in [3.05, 3.63) is 6.92 Å². The van der Waals surface area contributed by atoms with Gasteiger partial charge in [-0.1, -0.05) is 0 Å². The Morgan fingerprint density at radius 2 is 2.56 bits per heavy atom. The zero-order chi connectivity index (χ0) is 6.69. The molecule has 0 aromatic heterocycles. The molecule has 1 aliphatic rings. The summed E-state index contributed by atoms with van der Waals surface area (Å²) < 4.78 is 9.49. The molecule has 0 N–H and O–H groups in total. The van der Waals surface area contributed by atoms with Gasteiger partial charge in [0.1, 0.15) is 12.7 Å². The molecule has 1 rings (SSSR count). The summed E-state index contributed by atoms with van der Waals surface area (Å²) in [5.74, 6) is -0.259. The van der Waals surface area contributed by atoms with E-state index in [1.165, 1.54) is 0 Å². The topological polar surface area (TPSA) is 38.8 Å². The molecule has 1 aliphatic heterocycles. The summed E-state index contributed by atoms with van der Waals surface area (Å²) in [5, 5.41) is 0. The molecule has 9 heavy (non-hydrogen) atoms. The van der Waals surface area contributed by atoms with Crippen LogP contribution in [0.5, 0.6) is 0 Å². The normalized spacial score (nSPS) is 23.4. The van der Waals surface area contributed by atoms with Gasteiger partial charge in [-0.2, -0.15) is 0 Å². The molecule has 1 radical (unpaired) electrons. The second-order valence-electron chi connectivity index (χ2n) is 1.89. The third-order valence-corrected chi connectivity index (χ3v) is 1.04. The number of rotatable bonds is 3. The average Bonchev–Trinajstić information content (AvgIpc) is 2.65. The fourth-order valence-corrected chi connectivity index (χ4v) is 0.422. The van der Waals surface area contributed by atoms with Crippen molar-refractivity contribution in [1.29, 1.82) is 0 Å². The van der Waals surface area contributed by atoms with E-state index in [9.17, 15) is 4.79 Å². The third-order valence-electron chi connectivity index (χ3n) is 1.04. The van der Waals surface area contributed by atoms with Crippen LogP contribution in [0.2, 0.25) is 0 Å². The Kier molecular flexibility index (Phi) is 2.05. The van der Waals surface area contributed by atoms with Crippen LogP contribution in [0.1, 0.15) is 6.42 Å². The summed E-state index contributed by atoms with van der Waals surface area (Å²) >= 11 is 0. The number of carbonyl (C=O) groups is 1. The molecule has 51 valence electrons. The molecule has 3 nitrogen and oxygen atoms in total. The summed E-state index contributed by atoms with van der Waals surface area (Å²) in [6, 6.07) is 0. The Morgan fingerprint density at radius 1 is 1.89 bits per heavy atom. The van der Waals surface area contributed by atoms with Crippen molar-refractivity contribution < 1.29 is 14.3 Å². The monoisotopic (exact) mass is 129 g/mol. The highest BCUT2D eigenvalue weighted by Gasteiger charge is 2.23. The Hall–Kier alpha value is -0.570. The fraction of sp³-hybridized carbons (Fsp3) is 0.667. The molecule has 0 bridgehead atoms. The Morgan fingerprint density at radius 3 is 3.00 bits per heavy atom. The lowest BCUT2D eigenvalue weighted by Gasteiger charge is -1.97. The fourth-order valence-electron chi connectivity index (χ4n) is 0.422. The lowest BCUT2D eigenvalue weighted by Crippen LogP contribution is -2.07. The Balaban J connectivity index is 1.96. The number of epoxide rings is 1. The number of ether oxygens (including phenoxy) is 2. The van der Waals surface area contributed by atoms with Gasteiger partial charge >= 0.3 is 5.97 Å². The predicted molar refractivity (Wildman–Crippen MR) is 30.7 cm³/mol. The van der Waals surface area contributed by atoms with Crippen LogP contribution in [0.4, 0.5) is 0 Å². The molecule has 1 fully saturated rings. The van der Waals surface area contributed by atoms with Crippen molar-refractivity contribution >= 4 is 5.97 Å². The average molecular weight is 129 g/mol. The molecule has 1 heterocycles. The molecular weight excluding hydrogens is 120 g/mol. The van der Waals surface area contributed by atoms with E-state index >= 15 is 0 Å². The maximum atomic E-state index is 10.4. The van der Waals surface area contributed by atoms with Crippen LogP contribution >= 0.6 is 0 Å². The van der Waals surface area contributed by atoms with E-state index in [1.807, 2.05) is 0 Å². The highest BCUT2D eigenvalue weighted by atomic mass is 16.6. The van der Waals surface area contributed by atoms with E-state index in [0.717, 1.165) is 6.61 Å². The van der Waals surface area contributed by atoms with Crippen LogP contribution in [0, 0.1) is 6.92 Å². The second-order valence-corrected chi connectivity index (χ2v) is 1.89. The van der Waals surface area contributed by atoms with Gasteiger partial charge in [-0.25, -0.2) is 0 Å². The van der Waals surface area contributed by atoms with Crippen molar-refractivity contribution in [3.8, 4) is 0 Å². The number of hydrogen-bond donors (Lipinski definition) is 0. The summed E-state index contributed by atoms with van der Waals surface area (Å²) in [6.07, 6.45) is 0.368. The first-order valence-corrected chi connectivity index (χ1v) is 2.89. The van der Waals surface area contributed by atoms with Crippen LogP contribution in [0.3, 0.4) is 0 Å². The zero-order valence-electron chi connectivity index (χ0n) is 5.13. The predicted octanol–water partition coefficient (Wildman–Crippen LogP) is 0.153. The number of carbonyl (C=O) groups excluding carboxylic acids is 1. The molecular formula is C6H9O3. The van der Waals surface area contributed by atoms with Crippen LogP contribution in [0.25, 0.3) is 0 Å². The molecule has 0 aliphatic carbocycles. The highest BCUT2D eigenvalue weighted by Crippen LogP contribution is 2.08. The molecule has 1 unspecified atom stereocenters. The van der Waals surface area contributed by atoms with Gasteiger partial charge in [0.2, 0.25) is 0 Å². The summed E-state index contributed by atoms with van der Waals surface area (Å²) in [4.78, 5) is 10.4. The van der Waals surface area contributed by atoms with E-state index in [0.29, 0.717) is 6.61 Å². The Bertz CT molecular complexity index is 107. The van der Waals surface area contributed by atoms with E-state index in [1.54, 1.807) is 0 Å². The quantitative estimate of drug-likeness (QED) is 0.402. The van der Waals surface area contributed by atoms with Gasteiger partial charge in [0.05, 0.1) is 6.61 Å². The van der Waals surface area contributed by atoms with Crippen molar-refractivity contribution in [2.45, 2.75) is 12.5 Å². The van der Waals surface area contributed by atoms with Gasteiger partial charge in [-0.3, -0.25) is 4.79 Å².